The lowest BCUT2D eigenvalue weighted by molar-refractivity contribution is 0.409. The van der Waals surface area contributed by atoms with E-state index in [1.807, 2.05) is 0 Å². The molecule has 0 aliphatic heterocycles. The molecule has 0 aliphatic carbocycles. The molecule has 0 heterocycles. The number of rotatable bonds is 27. The maximum absolute atomic E-state index is 2.61. The van der Waals surface area contributed by atoms with Gasteiger partial charge in [-0.25, -0.2) is 0 Å². The molecule has 0 aromatic heterocycles. The van der Waals surface area contributed by atoms with Gasteiger partial charge < -0.3 is 4.90 Å². The monoisotopic (exact) mass is 476 g/mol. The zero-order valence-electron chi connectivity index (χ0n) is 24.4. The molecule has 202 valence electrons. The van der Waals surface area contributed by atoms with Crippen LogP contribution in [0.5, 0.6) is 0 Å². The minimum atomic E-state index is 1.21. The van der Waals surface area contributed by atoms with E-state index in [-0.39, 0.29) is 0 Å². The van der Waals surface area contributed by atoms with Crippen molar-refractivity contribution in [1.29, 1.82) is 0 Å². The number of unbranched alkanes of at least 4 members (excludes halogenated alkanes) is 19. The summed E-state index contributed by atoms with van der Waals surface area (Å²) in [6.07, 6.45) is 40.9. The molecule has 0 aromatic carbocycles. The van der Waals surface area contributed by atoms with Crippen LogP contribution in [-0.2, 0) is 0 Å². The average Bonchev–Trinajstić information content (AvgIpc) is 2.83. The summed E-state index contributed by atoms with van der Waals surface area (Å²) >= 11 is 0. The average molecular weight is 476 g/mol. The molecule has 0 amide bonds. The Balaban J connectivity index is 3.64. The summed E-state index contributed by atoms with van der Waals surface area (Å²) in [7, 11) is 4.41. The van der Waals surface area contributed by atoms with Gasteiger partial charge in [0.2, 0.25) is 0 Å². The van der Waals surface area contributed by atoms with Crippen LogP contribution in [0.3, 0.4) is 0 Å². The molecule has 0 aliphatic rings. The molecule has 0 spiro atoms. The van der Waals surface area contributed by atoms with E-state index in [2.05, 4.69) is 51.1 Å². The third-order valence-electron chi connectivity index (χ3n) is 7.13. The Morgan fingerprint density at radius 1 is 0.471 bits per heavy atom. The van der Waals surface area contributed by atoms with Gasteiger partial charge in [0, 0.05) is 6.54 Å². The molecular weight excluding hydrogens is 410 g/mol. The molecule has 0 saturated carbocycles. The van der Waals surface area contributed by atoms with Crippen LogP contribution in [0.25, 0.3) is 0 Å². The Morgan fingerprint density at radius 2 is 0.882 bits per heavy atom. The summed E-state index contributed by atoms with van der Waals surface area (Å²) in [5.41, 5.74) is 1.73. The molecule has 0 fully saturated rings. The summed E-state index contributed by atoms with van der Waals surface area (Å²) in [6, 6.07) is 0. The van der Waals surface area contributed by atoms with E-state index in [4.69, 9.17) is 0 Å². The smallest absolute Gasteiger partial charge is 0.00125 e. The van der Waals surface area contributed by atoms with Crippen molar-refractivity contribution in [3.8, 4) is 0 Å². The Hall–Kier alpha value is -0.560. The van der Waals surface area contributed by atoms with Crippen molar-refractivity contribution < 1.29 is 0 Å². The van der Waals surface area contributed by atoms with Crippen molar-refractivity contribution in [2.75, 3.05) is 20.6 Å². The van der Waals surface area contributed by atoms with Gasteiger partial charge in [-0.3, -0.25) is 0 Å². The summed E-state index contributed by atoms with van der Waals surface area (Å²) in [6.45, 7) is 5.79. The highest BCUT2D eigenvalue weighted by molar-refractivity contribution is 5.02. The molecule has 0 aromatic rings. The SMILES string of the molecule is CCCCC/C=C\CCCCCCCCCCCC=C(CCCCCCCCC)CCN(C)C. The minimum absolute atomic E-state index is 1.21. The highest BCUT2D eigenvalue weighted by atomic mass is 15.0. The fourth-order valence-electron chi connectivity index (χ4n) is 4.70. The Bertz CT molecular complexity index is 434. The number of nitrogens with zero attached hydrogens (tertiary/aromatic N) is 1. The second-order valence-corrected chi connectivity index (χ2v) is 11.0. The van der Waals surface area contributed by atoms with Crippen LogP contribution >= 0.6 is 0 Å². The number of hydrogen-bond donors (Lipinski definition) is 0. The molecule has 34 heavy (non-hydrogen) atoms. The first-order valence-electron chi connectivity index (χ1n) is 15.7. The minimum Gasteiger partial charge on any atom is -0.309 e. The third-order valence-corrected chi connectivity index (χ3v) is 7.13. The second kappa shape index (κ2) is 28.7. The van der Waals surface area contributed by atoms with E-state index in [0.29, 0.717) is 0 Å². The molecule has 0 rings (SSSR count). The molecule has 0 bridgehead atoms. The summed E-state index contributed by atoms with van der Waals surface area (Å²) in [5.74, 6) is 0. The zero-order valence-corrected chi connectivity index (χ0v) is 24.4. The molecular formula is C33H65N. The Kier molecular flexibility index (Phi) is 28.2. The second-order valence-electron chi connectivity index (χ2n) is 11.0. The van der Waals surface area contributed by atoms with E-state index < -0.39 is 0 Å². The van der Waals surface area contributed by atoms with Crippen molar-refractivity contribution in [2.24, 2.45) is 0 Å². The molecule has 1 heteroatoms. The van der Waals surface area contributed by atoms with Crippen molar-refractivity contribution in [3.05, 3.63) is 23.8 Å². The first kappa shape index (κ1) is 33.4. The molecule has 0 atom stereocenters. The van der Waals surface area contributed by atoms with Crippen LogP contribution in [0.15, 0.2) is 23.8 Å². The van der Waals surface area contributed by atoms with Gasteiger partial charge in [0.05, 0.1) is 0 Å². The maximum Gasteiger partial charge on any atom is 0.00125 e. The van der Waals surface area contributed by atoms with E-state index in [1.165, 1.54) is 161 Å². The van der Waals surface area contributed by atoms with Crippen LogP contribution < -0.4 is 0 Å². The van der Waals surface area contributed by atoms with Gasteiger partial charge in [-0.2, -0.15) is 0 Å². The van der Waals surface area contributed by atoms with E-state index in [1.54, 1.807) is 5.57 Å². The molecule has 0 saturated heterocycles. The lowest BCUT2D eigenvalue weighted by Gasteiger charge is -2.13. The van der Waals surface area contributed by atoms with Crippen LogP contribution in [0.1, 0.15) is 168 Å². The largest absolute Gasteiger partial charge is 0.309 e. The van der Waals surface area contributed by atoms with Crippen LogP contribution in [0.2, 0.25) is 0 Å². The fourth-order valence-corrected chi connectivity index (χ4v) is 4.70. The Morgan fingerprint density at radius 3 is 1.41 bits per heavy atom. The highest BCUT2D eigenvalue weighted by Crippen LogP contribution is 2.18. The van der Waals surface area contributed by atoms with Crippen LogP contribution in [0.4, 0.5) is 0 Å². The predicted molar refractivity (Wildman–Crippen MR) is 158 cm³/mol. The lowest BCUT2D eigenvalue weighted by atomic mass is 10.00. The maximum atomic E-state index is 2.61. The predicted octanol–water partition coefficient (Wildman–Crippen LogP) is 11.4. The van der Waals surface area contributed by atoms with Gasteiger partial charge in [0.25, 0.3) is 0 Å². The van der Waals surface area contributed by atoms with E-state index in [9.17, 15) is 0 Å². The van der Waals surface area contributed by atoms with Crippen molar-refractivity contribution >= 4 is 0 Å². The summed E-state index contributed by atoms with van der Waals surface area (Å²) in [5, 5.41) is 0. The zero-order chi connectivity index (χ0) is 25.0. The van der Waals surface area contributed by atoms with Gasteiger partial charge >= 0.3 is 0 Å². The molecule has 0 N–H and O–H groups in total. The van der Waals surface area contributed by atoms with Gasteiger partial charge in [-0.05, 0) is 71.9 Å². The van der Waals surface area contributed by atoms with Gasteiger partial charge in [-0.15, -0.1) is 0 Å². The normalized spacial score (nSPS) is 12.4. The van der Waals surface area contributed by atoms with E-state index >= 15 is 0 Å². The highest BCUT2D eigenvalue weighted by Gasteiger charge is 2.01. The van der Waals surface area contributed by atoms with Crippen LogP contribution in [-0.4, -0.2) is 25.5 Å². The molecule has 1 nitrogen and oxygen atoms in total. The standard InChI is InChI=1S/C33H65N/c1-5-7-9-11-13-14-15-16-17-18-19-20-21-22-24-26-28-30-33(31-32-34(3)4)29-27-25-23-12-10-8-6-2/h13-14,30H,5-12,15-29,31-32H2,1-4H3/b14-13-,33-30?. The Labute approximate surface area is 217 Å². The van der Waals surface area contributed by atoms with Crippen molar-refractivity contribution in [1.82, 2.24) is 4.90 Å². The van der Waals surface area contributed by atoms with Gasteiger partial charge in [0.1, 0.15) is 0 Å². The fraction of sp³-hybridized carbons (Fsp3) is 0.879. The van der Waals surface area contributed by atoms with Crippen molar-refractivity contribution in [2.45, 2.75) is 168 Å². The summed E-state index contributed by atoms with van der Waals surface area (Å²) < 4.78 is 0. The lowest BCUT2D eigenvalue weighted by Crippen LogP contribution is -2.13. The third kappa shape index (κ3) is 27.7. The first-order chi connectivity index (χ1) is 16.7. The quantitative estimate of drug-likeness (QED) is 0.0843. The van der Waals surface area contributed by atoms with Crippen LogP contribution in [0, 0.1) is 0 Å². The number of allylic oxidation sites excluding steroid dienone is 3. The number of hydrogen-bond acceptors (Lipinski definition) is 1. The van der Waals surface area contributed by atoms with E-state index in [0.717, 1.165) is 0 Å². The first-order valence-corrected chi connectivity index (χ1v) is 15.7. The topological polar surface area (TPSA) is 3.24 Å². The van der Waals surface area contributed by atoms with Gasteiger partial charge in [-0.1, -0.05) is 134 Å². The molecule has 0 radical (unpaired) electrons. The molecule has 0 unspecified atom stereocenters. The summed E-state index contributed by atoms with van der Waals surface area (Å²) in [4.78, 5) is 2.34. The van der Waals surface area contributed by atoms with Gasteiger partial charge in [0.15, 0.2) is 0 Å². The van der Waals surface area contributed by atoms with Crippen molar-refractivity contribution in [3.63, 3.8) is 0 Å².